The zero-order valence-corrected chi connectivity index (χ0v) is 36.8. The van der Waals surface area contributed by atoms with Gasteiger partial charge in [0.05, 0.1) is 33.8 Å². The summed E-state index contributed by atoms with van der Waals surface area (Å²) in [5.41, 5.74) is 17.8. The van der Waals surface area contributed by atoms with Gasteiger partial charge in [-0.05, 0) is 79.2 Å². The number of benzene rings is 6. The molecule has 0 spiro atoms. The molecule has 308 valence electrons. The second-order valence-electron chi connectivity index (χ2n) is 16.1. The summed E-state index contributed by atoms with van der Waals surface area (Å²) in [5, 5.41) is 7.52. The topological polar surface area (TPSA) is 82.5 Å². The summed E-state index contributed by atoms with van der Waals surface area (Å²) in [4.78, 5) is 19.0. The van der Waals surface area contributed by atoms with Gasteiger partial charge in [-0.2, -0.15) is 0 Å². The van der Waals surface area contributed by atoms with Crippen molar-refractivity contribution in [2.24, 2.45) is 0 Å². The Morgan fingerprint density at radius 1 is 0.446 bits per heavy atom. The fourth-order valence-corrected chi connectivity index (χ4v) is 11.6. The highest BCUT2D eigenvalue weighted by Crippen LogP contribution is 2.47. The third kappa shape index (κ3) is 6.70. The molecule has 13 aromatic rings. The molecule has 0 amide bonds. The predicted octanol–water partition coefficient (Wildman–Crippen LogP) is 15.3. The van der Waals surface area contributed by atoms with Gasteiger partial charge in [0.2, 0.25) is 0 Å². The van der Waals surface area contributed by atoms with Crippen LogP contribution in [0, 0.1) is 6.92 Å². The van der Waals surface area contributed by atoms with E-state index in [9.17, 15) is 0 Å². The van der Waals surface area contributed by atoms with Crippen molar-refractivity contribution in [3.8, 4) is 50.8 Å². The number of nitrogens with two attached hydrogens (primary N) is 1. The number of thiophene rings is 2. The lowest BCUT2D eigenvalue weighted by atomic mass is 10.00. The quantitative estimate of drug-likeness (QED) is 0.186. The van der Waals surface area contributed by atoms with E-state index in [1.54, 1.807) is 18.5 Å². The fraction of sp³-hybridized carbons (Fsp3) is 0.0175. The molecule has 0 radical (unpaired) electrons. The minimum absolute atomic E-state index is 0.806. The molecule has 2 N–H and O–H groups in total. The lowest BCUT2D eigenvalue weighted by molar-refractivity contribution is 1.08. The smallest absolute Gasteiger partial charge is 0.137 e. The lowest BCUT2D eigenvalue weighted by Crippen LogP contribution is -1.96. The van der Waals surface area contributed by atoms with Crippen LogP contribution in [-0.4, -0.2) is 24.5 Å². The van der Waals surface area contributed by atoms with Crippen LogP contribution in [0.4, 0.5) is 5.69 Å². The molecule has 13 rings (SSSR count). The van der Waals surface area contributed by atoms with Crippen LogP contribution in [0.2, 0.25) is 0 Å². The summed E-state index contributed by atoms with van der Waals surface area (Å²) in [7, 11) is 0. The van der Waals surface area contributed by atoms with Gasteiger partial charge in [-0.25, -0.2) is 15.0 Å². The third-order valence-electron chi connectivity index (χ3n) is 12.2. The molecule has 0 aliphatic carbocycles. The average Bonchev–Trinajstić information content (AvgIpc) is 4.05. The molecule has 8 heteroatoms. The highest BCUT2D eigenvalue weighted by molar-refractivity contribution is 7.27. The molecule has 0 aliphatic heterocycles. The van der Waals surface area contributed by atoms with Crippen LogP contribution in [0.3, 0.4) is 0 Å². The minimum Gasteiger partial charge on any atom is -0.398 e. The number of anilines is 1. The minimum atomic E-state index is 0.806. The van der Waals surface area contributed by atoms with E-state index in [1.807, 2.05) is 47.9 Å². The monoisotopic (exact) mass is 870 g/mol. The van der Waals surface area contributed by atoms with E-state index in [-0.39, 0.29) is 0 Å². The molecule has 7 heterocycles. The van der Waals surface area contributed by atoms with Crippen LogP contribution < -0.4 is 5.73 Å². The average molecular weight is 871 g/mol. The van der Waals surface area contributed by atoms with Gasteiger partial charge in [-0.1, -0.05) is 115 Å². The Labute approximate surface area is 382 Å². The summed E-state index contributed by atoms with van der Waals surface area (Å²) in [6.07, 6.45) is 5.27. The summed E-state index contributed by atoms with van der Waals surface area (Å²) < 4.78 is 7.44. The summed E-state index contributed by atoms with van der Waals surface area (Å²) in [6, 6.07) is 64.3. The Kier molecular flexibility index (Phi) is 9.47. The zero-order chi connectivity index (χ0) is 43.4. The van der Waals surface area contributed by atoms with Crippen molar-refractivity contribution in [2.45, 2.75) is 6.92 Å². The molecule has 0 fully saturated rings. The second kappa shape index (κ2) is 15.9. The normalized spacial score (nSPS) is 11.5. The number of aryl methyl sites for hydroxylation is 1. The first kappa shape index (κ1) is 38.6. The number of rotatable bonds is 5. The highest BCUT2D eigenvalue weighted by Gasteiger charge is 2.19. The van der Waals surface area contributed by atoms with E-state index in [2.05, 4.69) is 178 Å². The van der Waals surface area contributed by atoms with Crippen molar-refractivity contribution in [2.75, 3.05) is 5.73 Å². The molecule has 0 atom stereocenters. The summed E-state index contributed by atoms with van der Waals surface area (Å²) >= 11 is 3.75. The van der Waals surface area contributed by atoms with Crippen LogP contribution in [0.15, 0.2) is 201 Å². The number of aromatic nitrogens is 5. The standard InChI is InChI=1S/C51H30N4S2.C6H8N2/c1-3-24-45-32(12-1)40-30-31(27-28-46(40)55(45)48-26-5-6-29-52-48)41-20-10-22-43(53-41)44-23-11-21-42(54-44)39-19-9-18-38-37-17-8-16-36(50(37)57-51(38)39)35-15-7-14-34-33-13-2-4-25-47(33)56-49(34)35;1-5-4-8-3-2-6(5)7/h1-30H;2-4H,1H3,(H2,7,8). The van der Waals surface area contributed by atoms with Crippen LogP contribution >= 0.6 is 22.7 Å². The largest absolute Gasteiger partial charge is 0.398 e. The Morgan fingerprint density at radius 3 is 1.75 bits per heavy atom. The van der Waals surface area contributed by atoms with Gasteiger partial charge in [-0.3, -0.25) is 9.55 Å². The molecule has 6 aromatic carbocycles. The van der Waals surface area contributed by atoms with E-state index in [0.29, 0.717) is 0 Å². The van der Waals surface area contributed by atoms with E-state index in [1.165, 1.54) is 62.2 Å². The number of hydrogen-bond acceptors (Lipinski definition) is 7. The Hall–Kier alpha value is -8.04. The molecule has 0 saturated carbocycles. The van der Waals surface area contributed by atoms with Gasteiger partial charge >= 0.3 is 0 Å². The van der Waals surface area contributed by atoms with Crippen molar-refractivity contribution >= 4 is 90.5 Å². The Balaban J connectivity index is 0.000000505. The number of fused-ring (bicyclic) bond motifs is 9. The maximum absolute atomic E-state index is 5.48. The van der Waals surface area contributed by atoms with Crippen molar-refractivity contribution in [3.05, 3.63) is 206 Å². The van der Waals surface area contributed by atoms with E-state index >= 15 is 0 Å². The molecular weight excluding hydrogens is 833 g/mol. The van der Waals surface area contributed by atoms with Gasteiger partial charge in [0.1, 0.15) is 5.82 Å². The molecule has 7 aromatic heterocycles. The maximum atomic E-state index is 5.48. The van der Waals surface area contributed by atoms with Gasteiger partial charge < -0.3 is 5.73 Å². The molecule has 65 heavy (non-hydrogen) atoms. The first-order valence-electron chi connectivity index (χ1n) is 21.5. The molecular formula is C57H38N6S2. The molecule has 0 unspecified atom stereocenters. The van der Waals surface area contributed by atoms with Crippen LogP contribution in [0.5, 0.6) is 0 Å². The van der Waals surface area contributed by atoms with Crippen molar-refractivity contribution in [3.63, 3.8) is 0 Å². The number of para-hydroxylation sites is 1. The Morgan fingerprint density at radius 2 is 1.03 bits per heavy atom. The van der Waals surface area contributed by atoms with Gasteiger partial charge in [-0.15, -0.1) is 22.7 Å². The maximum Gasteiger partial charge on any atom is 0.137 e. The van der Waals surface area contributed by atoms with E-state index in [4.69, 9.17) is 15.7 Å². The van der Waals surface area contributed by atoms with Crippen LogP contribution in [0.25, 0.3) is 113 Å². The molecule has 0 bridgehead atoms. The first-order chi connectivity index (χ1) is 32.1. The van der Waals surface area contributed by atoms with E-state index < -0.39 is 0 Å². The third-order valence-corrected chi connectivity index (χ3v) is 14.7. The molecule has 0 saturated heterocycles. The van der Waals surface area contributed by atoms with Gasteiger partial charge in [0.25, 0.3) is 0 Å². The Bertz CT molecular complexity index is 3920. The zero-order valence-electron chi connectivity index (χ0n) is 35.2. The van der Waals surface area contributed by atoms with Crippen molar-refractivity contribution in [1.82, 2.24) is 24.5 Å². The van der Waals surface area contributed by atoms with E-state index in [0.717, 1.165) is 62.0 Å². The SMILES string of the molecule is Cc1cnccc1N.c1ccc(-n2c3ccccc3c3cc(-c4cccc(-c5cccc(-c6cccc7c6sc6c(-c8cccc9c8sc8ccccc89)cccc67)n5)n4)ccc32)nc1. The summed E-state index contributed by atoms with van der Waals surface area (Å²) in [5.74, 6) is 0.902. The number of nitrogens with zero attached hydrogens (tertiary/aromatic N) is 5. The number of nitrogen functional groups attached to an aromatic ring is 1. The van der Waals surface area contributed by atoms with Crippen molar-refractivity contribution < 1.29 is 0 Å². The second-order valence-corrected chi connectivity index (χ2v) is 18.1. The number of pyridine rings is 4. The highest BCUT2D eigenvalue weighted by atomic mass is 32.1. The predicted molar refractivity (Wildman–Crippen MR) is 275 cm³/mol. The van der Waals surface area contributed by atoms with Crippen LogP contribution in [-0.2, 0) is 0 Å². The fourth-order valence-electron chi connectivity index (χ4n) is 9.01. The lowest BCUT2D eigenvalue weighted by Gasteiger charge is -2.09. The van der Waals surface area contributed by atoms with Crippen LogP contribution in [0.1, 0.15) is 5.56 Å². The first-order valence-corrected chi connectivity index (χ1v) is 23.1. The molecule has 6 nitrogen and oxygen atoms in total. The number of hydrogen-bond donors (Lipinski definition) is 1. The van der Waals surface area contributed by atoms with Crippen molar-refractivity contribution in [1.29, 1.82) is 0 Å². The van der Waals surface area contributed by atoms with Gasteiger partial charge in [0, 0.05) is 97.6 Å². The molecule has 0 aliphatic rings. The summed E-state index contributed by atoms with van der Waals surface area (Å²) in [6.45, 7) is 1.93. The van der Waals surface area contributed by atoms with Gasteiger partial charge in [0.15, 0.2) is 0 Å².